The molecule has 5 heteroatoms. The van der Waals surface area contributed by atoms with Gasteiger partial charge in [0.2, 0.25) is 5.91 Å². The molecule has 0 saturated carbocycles. The third kappa shape index (κ3) is 2.51. The lowest BCUT2D eigenvalue weighted by Gasteiger charge is -2.39. The predicted molar refractivity (Wildman–Crippen MR) is 92.6 cm³/mol. The van der Waals surface area contributed by atoms with Crippen LogP contribution < -0.4 is 4.90 Å². The average molecular weight is 332 g/mol. The van der Waals surface area contributed by atoms with Crippen LogP contribution in [-0.4, -0.2) is 30.4 Å². The van der Waals surface area contributed by atoms with Crippen LogP contribution in [0.5, 0.6) is 0 Å². The van der Waals surface area contributed by atoms with Gasteiger partial charge >= 0.3 is 0 Å². The van der Waals surface area contributed by atoms with Crippen molar-refractivity contribution < 1.29 is 4.79 Å². The molecule has 0 aromatic carbocycles. The molecule has 1 atom stereocenters. The van der Waals surface area contributed by atoms with Crippen molar-refractivity contribution in [3.8, 4) is 0 Å². The smallest absolute Gasteiger partial charge is 0.234 e. The van der Waals surface area contributed by atoms with Crippen LogP contribution in [-0.2, 0) is 11.3 Å². The fraction of sp³-hybridized carbons (Fsp3) is 0.471. The second-order valence-corrected chi connectivity index (χ2v) is 7.97. The lowest BCUT2D eigenvalue weighted by molar-refractivity contribution is -0.128. The largest absolute Gasteiger partial charge is 0.311 e. The van der Waals surface area contributed by atoms with Gasteiger partial charge in [-0.05, 0) is 59.6 Å². The topological polar surface area (TPSA) is 23.6 Å². The Morgan fingerprint density at radius 3 is 2.73 bits per heavy atom. The molecule has 2 aromatic rings. The van der Waals surface area contributed by atoms with E-state index in [0.717, 1.165) is 51.1 Å². The minimum absolute atomic E-state index is 0.143. The van der Waals surface area contributed by atoms with Crippen LogP contribution >= 0.6 is 22.7 Å². The van der Waals surface area contributed by atoms with Gasteiger partial charge in [-0.3, -0.25) is 9.69 Å². The van der Waals surface area contributed by atoms with Crippen LogP contribution in [0, 0.1) is 5.41 Å². The molecule has 2 fully saturated rings. The summed E-state index contributed by atoms with van der Waals surface area (Å²) in [4.78, 5) is 17.5. The lowest BCUT2D eigenvalue weighted by atomic mass is 9.78. The molecule has 4 rings (SSSR count). The van der Waals surface area contributed by atoms with E-state index in [9.17, 15) is 4.79 Å². The van der Waals surface area contributed by atoms with Crippen LogP contribution in [0.2, 0.25) is 0 Å². The Morgan fingerprint density at radius 2 is 1.95 bits per heavy atom. The Balaban J connectivity index is 1.50. The van der Waals surface area contributed by atoms with Crippen molar-refractivity contribution in [2.45, 2.75) is 25.8 Å². The summed E-state index contributed by atoms with van der Waals surface area (Å²) in [5, 5.41) is 8.49. The van der Waals surface area contributed by atoms with Crippen LogP contribution in [0.15, 0.2) is 33.7 Å². The highest BCUT2D eigenvalue weighted by molar-refractivity contribution is 7.08. The zero-order valence-corrected chi connectivity index (χ0v) is 14.2. The van der Waals surface area contributed by atoms with E-state index in [1.165, 1.54) is 5.56 Å². The molecule has 2 aliphatic heterocycles. The minimum atomic E-state index is -0.143. The number of carbonyl (C=O) groups is 1. The van der Waals surface area contributed by atoms with Gasteiger partial charge in [0, 0.05) is 25.0 Å². The summed E-state index contributed by atoms with van der Waals surface area (Å²) in [5.41, 5.74) is 2.32. The molecule has 4 heterocycles. The number of amides is 1. The fourth-order valence-electron chi connectivity index (χ4n) is 3.86. The van der Waals surface area contributed by atoms with Gasteiger partial charge in [0.1, 0.15) is 0 Å². The van der Waals surface area contributed by atoms with Crippen molar-refractivity contribution in [1.82, 2.24) is 4.90 Å². The number of hydrogen-bond donors (Lipinski definition) is 0. The molecule has 2 saturated heterocycles. The first kappa shape index (κ1) is 14.4. The maximum atomic E-state index is 13.0. The van der Waals surface area contributed by atoms with Crippen molar-refractivity contribution in [2.24, 2.45) is 5.41 Å². The van der Waals surface area contributed by atoms with Crippen LogP contribution in [0.25, 0.3) is 0 Å². The molecule has 0 unspecified atom stereocenters. The molecular weight excluding hydrogens is 312 g/mol. The quantitative estimate of drug-likeness (QED) is 0.853. The number of likely N-dealkylation sites (tertiary alicyclic amines) is 1. The summed E-state index contributed by atoms with van der Waals surface area (Å²) < 4.78 is 0. The first-order chi connectivity index (χ1) is 10.8. The summed E-state index contributed by atoms with van der Waals surface area (Å²) in [6, 6.07) is 4.26. The van der Waals surface area contributed by atoms with Gasteiger partial charge in [0.05, 0.1) is 11.1 Å². The molecule has 2 aromatic heterocycles. The van der Waals surface area contributed by atoms with E-state index in [1.807, 2.05) is 4.90 Å². The van der Waals surface area contributed by atoms with Gasteiger partial charge < -0.3 is 4.90 Å². The van der Waals surface area contributed by atoms with E-state index < -0.39 is 0 Å². The third-order valence-electron chi connectivity index (χ3n) is 4.97. The number of anilines is 1. The van der Waals surface area contributed by atoms with Gasteiger partial charge in [-0.15, -0.1) is 0 Å². The van der Waals surface area contributed by atoms with Gasteiger partial charge in [0.25, 0.3) is 0 Å². The Morgan fingerprint density at radius 1 is 1.09 bits per heavy atom. The van der Waals surface area contributed by atoms with Crippen molar-refractivity contribution in [1.29, 1.82) is 0 Å². The predicted octanol–water partition coefficient (Wildman–Crippen LogP) is 3.83. The standard InChI is InChI=1S/C17H20N2OS2/c20-16-17(5-7-19(16)15-3-9-22-12-15)4-1-6-18(13-17)10-14-2-8-21-11-14/h2-3,8-9,11-12H,1,4-7,10,13H2/t17-/m0/s1. The highest BCUT2D eigenvalue weighted by Crippen LogP contribution is 2.42. The van der Waals surface area contributed by atoms with Gasteiger partial charge in [-0.1, -0.05) is 0 Å². The molecule has 116 valence electrons. The SMILES string of the molecule is O=C1N(c2ccsc2)CC[C@]12CCCN(Cc1ccsc1)C2. The molecular formula is C17H20N2OS2. The summed E-state index contributed by atoms with van der Waals surface area (Å²) >= 11 is 3.41. The fourth-order valence-corrected chi connectivity index (χ4v) is 5.16. The van der Waals surface area contributed by atoms with Crippen molar-refractivity contribution in [2.75, 3.05) is 24.5 Å². The van der Waals surface area contributed by atoms with E-state index in [-0.39, 0.29) is 5.41 Å². The molecule has 22 heavy (non-hydrogen) atoms. The Kier molecular flexibility index (Phi) is 3.80. The molecule has 0 radical (unpaired) electrons. The molecule has 2 aliphatic rings. The van der Waals surface area contributed by atoms with E-state index in [2.05, 4.69) is 38.6 Å². The number of carbonyl (C=O) groups excluding carboxylic acids is 1. The molecule has 0 N–H and O–H groups in total. The third-order valence-corrected chi connectivity index (χ3v) is 6.38. The second-order valence-electron chi connectivity index (χ2n) is 6.41. The first-order valence-corrected chi connectivity index (χ1v) is 9.73. The van der Waals surface area contributed by atoms with E-state index in [4.69, 9.17) is 0 Å². The highest BCUT2D eigenvalue weighted by atomic mass is 32.1. The maximum Gasteiger partial charge on any atom is 0.234 e. The molecule has 1 spiro atoms. The minimum Gasteiger partial charge on any atom is -0.311 e. The van der Waals surface area contributed by atoms with Gasteiger partial charge in [0.15, 0.2) is 0 Å². The maximum absolute atomic E-state index is 13.0. The molecule has 3 nitrogen and oxygen atoms in total. The molecule has 1 amide bonds. The van der Waals surface area contributed by atoms with Crippen LogP contribution in [0.1, 0.15) is 24.8 Å². The van der Waals surface area contributed by atoms with Crippen LogP contribution in [0.3, 0.4) is 0 Å². The van der Waals surface area contributed by atoms with E-state index in [0.29, 0.717) is 5.91 Å². The summed E-state index contributed by atoms with van der Waals surface area (Å²) in [6.45, 7) is 3.89. The summed E-state index contributed by atoms with van der Waals surface area (Å²) in [6.07, 6.45) is 3.18. The number of rotatable bonds is 3. The van der Waals surface area contributed by atoms with E-state index in [1.54, 1.807) is 22.7 Å². The van der Waals surface area contributed by atoms with E-state index >= 15 is 0 Å². The number of thiophene rings is 2. The Hall–Kier alpha value is -1.17. The first-order valence-electron chi connectivity index (χ1n) is 7.84. The second kappa shape index (κ2) is 5.80. The lowest BCUT2D eigenvalue weighted by Crippen LogP contribution is -2.47. The Bertz CT molecular complexity index is 638. The van der Waals surface area contributed by atoms with Crippen molar-refractivity contribution in [3.05, 3.63) is 39.2 Å². The van der Waals surface area contributed by atoms with Gasteiger partial charge in [-0.25, -0.2) is 0 Å². The number of hydrogen-bond acceptors (Lipinski definition) is 4. The molecule has 0 bridgehead atoms. The molecule has 0 aliphatic carbocycles. The monoisotopic (exact) mass is 332 g/mol. The summed E-state index contributed by atoms with van der Waals surface area (Å²) in [7, 11) is 0. The summed E-state index contributed by atoms with van der Waals surface area (Å²) in [5.74, 6) is 0.348. The zero-order valence-electron chi connectivity index (χ0n) is 12.5. The van der Waals surface area contributed by atoms with Gasteiger partial charge in [-0.2, -0.15) is 22.7 Å². The average Bonchev–Trinajstić information content (AvgIpc) is 3.24. The highest BCUT2D eigenvalue weighted by Gasteiger charge is 2.49. The van der Waals surface area contributed by atoms with Crippen molar-refractivity contribution in [3.63, 3.8) is 0 Å². The number of nitrogens with zero attached hydrogens (tertiary/aromatic N) is 2. The van der Waals surface area contributed by atoms with Crippen LogP contribution in [0.4, 0.5) is 5.69 Å². The zero-order chi connectivity index (χ0) is 15.0. The van der Waals surface area contributed by atoms with Crippen molar-refractivity contribution >= 4 is 34.3 Å². The Labute approximate surface area is 139 Å². The number of piperidine rings is 1. The normalized spacial score (nSPS) is 26.2.